The number of amides is 1. The summed E-state index contributed by atoms with van der Waals surface area (Å²) in [6, 6.07) is 6.82. The van der Waals surface area contributed by atoms with Crippen molar-refractivity contribution >= 4 is 22.6 Å². The Hall–Kier alpha value is -3.35. The summed E-state index contributed by atoms with van der Waals surface area (Å²) in [4.78, 5) is 16.7. The number of nitrogens with one attached hydrogen (secondary N) is 2. The van der Waals surface area contributed by atoms with E-state index in [1.54, 1.807) is 30.5 Å². The molecule has 0 atom stereocenters. The van der Waals surface area contributed by atoms with Gasteiger partial charge in [-0.25, -0.2) is 4.98 Å². The lowest BCUT2D eigenvalue weighted by Gasteiger charge is -2.11. The Labute approximate surface area is 144 Å². The molecule has 0 saturated heterocycles. The molecule has 0 fully saturated rings. The van der Waals surface area contributed by atoms with E-state index in [0.29, 0.717) is 35.0 Å². The highest BCUT2D eigenvalue weighted by molar-refractivity contribution is 6.05. The molecule has 1 aromatic carbocycles. The Morgan fingerprint density at radius 2 is 2.20 bits per heavy atom. The van der Waals surface area contributed by atoms with Crippen LogP contribution in [0.3, 0.4) is 0 Å². The zero-order valence-corrected chi connectivity index (χ0v) is 14.0. The van der Waals surface area contributed by atoms with Gasteiger partial charge in [0.25, 0.3) is 5.91 Å². The molecule has 2 aromatic heterocycles. The van der Waals surface area contributed by atoms with Gasteiger partial charge in [-0.3, -0.25) is 9.89 Å². The van der Waals surface area contributed by atoms with Crippen molar-refractivity contribution in [2.75, 3.05) is 19.0 Å². The number of pyridine rings is 1. The average molecular weight is 338 g/mol. The zero-order chi connectivity index (χ0) is 17.8. The molecule has 2 N–H and O–H groups in total. The number of hydrogen-bond acceptors (Lipinski definition) is 5. The summed E-state index contributed by atoms with van der Waals surface area (Å²) in [6.07, 6.45) is 3.21. The van der Waals surface area contributed by atoms with Gasteiger partial charge in [-0.05, 0) is 31.2 Å². The lowest BCUT2D eigenvalue weighted by molar-refractivity contribution is 0.102. The molecule has 25 heavy (non-hydrogen) atoms. The molecule has 1 amide bonds. The fourth-order valence-electron chi connectivity index (χ4n) is 2.37. The lowest BCUT2D eigenvalue weighted by atomic mass is 10.2. The summed E-state index contributed by atoms with van der Waals surface area (Å²) in [7, 11) is 1.53. The number of fused-ring (bicyclic) bond motifs is 1. The maximum atomic E-state index is 12.5. The number of aromatic amines is 1. The number of nitrogens with zero attached hydrogens (tertiary/aromatic N) is 2. The number of benzene rings is 1. The summed E-state index contributed by atoms with van der Waals surface area (Å²) < 4.78 is 10.8. The minimum absolute atomic E-state index is 0.268. The fourth-order valence-corrected chi connectivity index (χ4v) is 2.37. The van der Waals surface area contributed by atoms with Gasteiger partial charge in [0.2, 0.25) is 0 Å². The van der Waals surface area contributed by atoms with Crippen LogP contribution in [-0.2, 0) is 0 Å². The Bertz CT molecular complexity index is 933. The fraction of sp³-hybridized carbons (Fsp3) is 0.167. The predicted octanol–water partition coefficient (Wildman–Crippen LogP) is 3.09. The van der Waals surface area contributed by atoms with Crippen molar-refractivity contribution in [3.63, 3.8) is 0 Å². The van der Waals surface area contributed by atoms with E-state index >= 15 is 0 Å². The Morgan fingerprint density at radius 3 is 2.96 bits per heavy atom. The topological polar surface area (TPSA) is 89.1 Å². The van der Waals surface area contributed by atoms with Crippen molar-refractivity contribution in [2.24, 2.45) is 0 Å². The summed E-state index contributed by atoms with van der Waals surface area (Å²) >= 11 is 0. The third kappa shape index (κ3) is 3.45. The summed E-state index contributed by atoms with van der Waals surface area (Å²) in [5, 5.41) is 10.6. The number of methoxy groups -OCH3 is 1. The van der Waals surface area contributed by atoms with E-state index in [9.17, 15) is 4.79 Å². The highest BCUT2D eigenvalue weighted by Crippen LogP contribution is 2.28. The van der Waals surface area contributed by atoms with E-state index in [2.05, 4.69) is 27.1 Å². The summed E-state index contributed by atoms with van der Waals surface area (Å²) in [5.41, 5.74) is 2.55. The molecule has 2 heterocycles. The van der Waals surface area contributed by atoms with Gasteiger partial charge in [0.1, 0.15) is 6.61 Å². The van der Waals surface area contributed by atoms with Gasteiger partial charge in [0, 0.05) is 16.6 Å². The van der Waals surface area contributed by atoms with Gasteiger partial charge in [-0.2, -0.15) is 5.10 Å². The molecular weight excluding hydrogens is 320 g/mol. The van der Waals surface area contributed by atoms with Crippen molar-refractivity contribution in [3.05, 3.63) is 54.4 Å². The largest absolute Gasteiger partial charge is 0.493 e. The van der Waals surface area contributed by atoms with Crippen molar-refractivity contribution in [1.29, 1.82) is 0 Å². The number of aromatic nitrogens is 3. The van der Waals surface area contributed by atoms with Crippen LogP contribution in [0.4, 0.5) is 5.69 Å². The molecule has 0 spiro atoms. The lowest BCUT2D eigenvalue weighted by Crippen LogP contribution is -2.12. The SMILES string of the molecule is C=CCOc1ccc(C(=O)Nc2cnc3n[nH]c(C)c3c2)cc1OC. The smallest absolute Gasteiger partial charge is 0.255 e. The second-order valence-electron chi connectivity index (χ2n) is 5.36. The predicted molar refractivity (Wildman–Crippen MR) is 95.3 cm³/mol. The van der Waals surface area contributed by atoms with Crippen molar-refractivity contribution in [1.82, 2.24) is 15.2 Å². The first-order valence-electron chi connectivity index (χ1n) is 7.66. The van der Waals surface area contributed by atoms with E-state index in [-0.39, 0.29) is 5.91 Å². The van der Waals surface area contributed by atoms with Crippen LogP contribution in [0.15, 0.2) is 43.1 Å². The number of aryl methyl sites for hydroxylation is 1. The van der Waals surface area contributed by atoms with E-state index in [1.807, 2.05) is 13.0 Å². The van der Waals surface area contributed by atoms with Gasteiger partial charge in [-0.1, -0.05) is 12.7 Å². The minimum atomic E-state index is -0.268. The van der Waals surface area contributed by atoms with Gasteiger partial charge >= 0.3 is 0 Å². The molecule has 3 rings (SSSR count). The first-order valence-corrected chi connectivity index (χ1v) is 7.66. The third-order valence-corrected chi connectivity index (χ3v) is 3.64. The minimum Gasteiger partial charge on any atom is -0.493 e. The number of ether oxygens (including phenoxy) is 2. The average Bonchev–Trinajstić information content (AvgIpc) is 3.00. The standard InChI is InChI=1S/C18H18N4O3/c1-4-7-25-15-6-5-12(8-16(15)24-3)18(23)20-13-9-14-11(2)21-22-17(14)19-10-13/h4-6,8-10H,1,7H2,2-3H3,(H,20,23)(H,19,21,22). The maximum Gasteiger partial charge on any atom is 0.255 e. The van der Waals surface area contributed by atoms with E-state index in [1.165, 1.54) is 7.11 Å². The molecule has 0 radical (unpaired) electrons. The second-order valence-corrected chi connectivity index (χ2v) is 5.36. The third-order valence-electron chi connectivity index (χ3n) is 3.64. The number of carbonyl (C=O) groups excluding carboxylic acids is 1. The number of carbonyl (C=O) groups is 1. The number of anilines is 1. The molecule has 7 heteroatoms. The molecule has 0 aliphatic carbocycles. The molecule has 0 bridgehead atoms. The Balaban J connectivity index is 1.81. The molecule has 0 aliphatic rings. The molecule has 0 saturated carbocycles. The van der Waals surface area contributed by atoms with Gasteiger partial charge in [0.05, 0.1) is 19.0 Å². The maximum absolute atomic E-state index is 12.5. The molecule has 0 aliphatic heterocycles. The first kappa shape index (κ1) is 16.5. The van der Waals surface area contributed by atoms with Crippen molar-refractivity contribution in [2.45, 2.75) is 6.92 Å². The number of rotatable bonds is 6. The molecule has 7 nitrogen and oxygen atoms in total. The molecule has 0 unspecified atom stereocenters. The van der Waals surface area contributed by atoms with Gasteiger partial charge in [0.15, 0.2) is 17.1 Å². The van der Waals surface area contributed by atoms with Crippen LogP contribution in [0, 0.1) is 6.92 Å². The van der Waals surface area contributed by atoms with Crippen LogP contribution < -0.4 is 14.8 Å². The zero-order valence-electron chi connectivity index (χ0n) is 14.0. The van der Waals surface area contributed by atoms with Gasteiger partial charge < -0.3 is 14.8 Å². The highest BCUT2D eigenvalue weighted by atomic mass is 16.5. The van der Waals surface area contributed by atoms with Crippen LogP contribution in [0.1, 0.15) is 16.1 Å². The van der Waals surface area contributed by atoms with Crippen LogP contribution >= 0.6 is 0 Å². The first-order chi connectivity index (χ1) is 12.1. The Kier molecular flexibility index (Phi) is 4.65. The highest BCUT2D eigenvalue weighted by Gasteiger charge is 2.12. The van der Waals surface area contributed by atoms with Crippen molar-refractivity contribution in [3.8, 4) is 11.5 Å². The quantitative estimate of drug-likeness (QED) is 0.674. The van der Waals surface area contributed by atoms with Crippen LogP contribution in [0.2, 0.25) is 0 Å². The number of hydrogen-bond donors (Lipinski definition) is 2. The normalized spacial score (nSPS) is 10.5. The summed E-state index contributed by atoms with van der Waals surface area (Å²) in [5.74, 6) is 0.765. The summed E-state index contributed by atoms with van der Waals surface area (Å²) in [6.45, 7) is 5.86. The second kappa shape index (κ2) is 7.04. The van der Waals surface area contributed by atoms with E-state index < -0.39 is 0 Å². The number of H-pyrrole nitrogens is 1. The van der Waals surface area contributed by atoms with Crippen molar-refractivity contribution < 1.29 is 14.3 Å². The molecule has 128 valence electrons. The van der Waals surface area contributed by atoms with Crippen LogP contribution in [0.25, 0.3) is 11.0 Å². The van der Waals surface area contributed by atoms with E-state index in [0.717, 1.165) is 11.1 Å². The Morgan fingerprint density at radius 1 is 1.36 bits per heavy atom. The molecule has 3 aromatic rings. The van der Waals surface area contributed by atoms with E-state index in [4.69, 9.17) is 9.47 Å². The van der Waals surface area contributed by atoms with Crippen LogP contribution in [-0.4, -0.2) is 34.8 Å². The van der Waals surface area contributed by atoms with Crippen LogP contribution in [0.5, 0.6) is 11.5 Å². The monoisotopic (exact) mass is 338 g/mol. The van der Waals surface area contributed by atoms with Gasteiger partial charge in [-0.15, -0.1) is 0 Å². The molecular formula is C18H18N4O3.